The molecule has 3 aliphatic rings. The van der Waals surface area contributed by atoms with Crippen LogP contribution in [0, 0.1) is 0 Å². The van der Waals surface area contributed by atoms with Crippen molar-refractivity contribution in [3.05, 3.63) is 65.9 Å². The molecule has 2 aromatic carbocycles. The van der Waals surface area contributed by atoms with Crippen molar-refractivity contribution >= 4 is 17.4 Å². The van der Waals surface area contributed by atoms with Crippen LogP contribution in [-0.4, -0.2) is 59.7 Å². The number of fused-ring (bicyclic) bond motifs is 2. The highest BCUT2D eigenvalue weighted by atomic mass is 19.4. The van der Waals surface area contributed by atoms with Crippen LogP contribution in [0.1, 0.15) is 34.6 Å². The maximum absolute atomic E-state index is 14.1. The SMILES string of the molecule is O=C(c1cc2n(n1)[C@H](C(F)(F)F)C[C@@H](c1ccc3c(c1)OCO3)N2)N1CCN(c2ccccc2)CC1. The number of amides is 1. The zero-order valence-electron chi connectivity index (χ0n) is 19.2. The first-order valence-corrected chi connectivity index (χ1v) is 11.8. The lowest BCUT2D eigenvalue weighted by atomic mass is 9.96. The number of piperazine rings is 1. The smallest absolute Gasteiger partial charge is 0.410 e. The number of rotatable bonds is 3. The van der Waals surface area contributed by atoms with Crippen LogP contribution in [0.15, 0.2) is 54.6 Å². The fraction of sp³-hybridized carbons (Fsp3) is 0.360. The number of nitrogens with zero attached hydrogens (tertiary/aromatic N) is 4. The zero-order valence-corrected chi connectivity index (χ0v) is 19.2. The molecular weight excluding hydrogens is 475 g/mol. The summed E-state index contributed by atoms with van der Waals surface area (Å²) in [6.45, 7) is 2.29. The van der Waals surface area contributed by atoms with Crippen molar-refractivity contribution in [3.63, 3.8) is 0 Å². The molecule has 1 fully saturated rings. The Kier molecular flexibility index (Phi) is 5.42. The van der Waals surface area contributed by atoms with Gasteiger partial charge in [0.15, 0.2) is 23.2 Å². The summed E-state index contributed by atoms with van der Waals surface area (Å²) < 4.78 is 53.8. The molecule has 1 saturated heterocycles. The van der Waals surface area contributed by atoms with Crippen LogP contribution in [0.3, 0.4) is 0 Å². The molecule has 6 rings (SSSR count). The molecule has 1 amide bonds. The number of hydrogen-bond acceptors (Lipinski definition) is 6. The minimum absolute atomic E-state index is 0.00578. The van der Waals surface area contributed by atoms with Gasteiger partial charge in [-0.15, -0.1) is 0 Å². The molecule has 0 radical (unpaired) electrons. The number of carbonyl (C=O) groups is 1. The van der Waals surface area contributed by atoms with Crippen molar-refractivity contribution in [1.82, 2.24) is 14.7 Å². The second-order valence-electron chi connectivity index (χ2n) is 9.08. The van der Waals surface area contributed by atoms with Crippen LogP contribution < -0.4 is 19.7 Å². The molecule has 2 atom stereocenters. The highest BCUT2D eigenvalue weighted by Gasteiger charge is 2.47. The average Bonchev–Trinajstić information content (AvgIpc) is 3.54. The highest BCUT2D eigenvalue weighted by molar-refractivity contribution is 5.93. The summed E-state index contributed by atoms with van der Waals surface area (Å²) in [5.74, 6) is 0.860. The van der Waals surface area contributed by atoms with Crippen LogP contribution in [0.5, 0.6) is 11.5 Å². The van der Waals surface area contributed by atoms with Gasteiger partial charge < -0.3 is 24.6 Å². The van der Waals surface area contributed by atoms with Crippen LogP contribution >= 0.6 is 0 Å². The van der Waals surface area contributed by atoms with E-state index < -0.39 is 18.3 Å². The molecule has 0 aliphatic carbocycles. The number of halogens is 3. The Labute approximate surface area is 205 Å². The molecule has 1 aromatic heterocycles. The normalized spacial score (nSPS) is 21.2. The standard InChI is InChI=1S/C25H24F3N5O3/c26-25(27,28)22-13-18(16-6-7-20-21(12-16)36-15-35-20)29-23-14-19(30-33(22)23)24(34)32-10-8-31(9-11-32)17-4-2-1-3-5-17/h1-7,12,14,18,22,29H,8-11,13,15H2/t18-,22-/m0/s1. The predicted octanol–water partition coefficient (Wildman–Crippen LogP) is 4.23. The Balaban J connectivity index is 1.22. The summed E-state index contributed by atoms with van der Waals surface area (Å²) in [5.41, 5.74) is 1.73. The van der Waals surface area contributed by atoms with E-state index in [1.165, 1.54) is 6.07 Å². The number of alkyl halides is 3. The van der Waals surface area contributed by atoms with Gasteiger partial charge in [0.05, 0.1) is 6.04 Å². The quantitative estimate of drug-likeness (QED) is 0.582. The van der Waals surface area contributed by atoms with E-state index in [9.17, 15) is 18.0 Å². The molecule has 0 saturated carbocycles. The van der Waals surface area contributed by atoms with Gasteiger partial charge in [0.1, 0.15) is 5.82 Å². The topological polar surface area (TPSA) is 71.9 Å². The van der Waals surface area contributed by atoms with E-state index in [1.54, 1.807) is 23.1 Å². The van der Waals surface area contributed by atoms with Crippen LogP contribution in [0.2, 0.25) is 0 Å². The van der Waals surface area contributed by atoms with Crippen molar-refractivity contribution in [2.75, 3.05) is 43.2 Å². The second-order valence-corrected chi connectivity index (χ2v) is 9.08. The van der Waals surface area contributed by atoms with Crippen LogP contribution in [-0.2, 0) is 0 Å². The number of aromatic nitrogens is 2. The van der Waals surface area contributed by atoms with Crippen LogP contribution in [0.25, 0.3) is 0 Å². The number of ether oxygens (including phenoxy) is 2. The number of para-hydroxylation sites is 1. The largest absolute Gasteiger partial charge is 0.454 e. The average molecular weight is 499 g/mol. The van der Waals surface area contributed by atoms with Crippen LogP contribution in [0.4, 0.5) is 24.7 Å². The van der Waals surface area contributed by atoms with Gasteiger partial charge in [0.25, 0.3) is 5.91 Å². The number of nitrogens with one attached hydrogen (secondary N) is 1. The molecule has 8 nitrogen and oxygen atoms in total. The molecule has 3 aliphatic heterocycles. The number of carbonyl (C=O) groups excluding carboxylic acids is 1. The van der Waals surface area contributed by atoms with Crippen molar-refractivity contribution < 1.29 is 27.4 Å². The summed E-state index contributed by atoms with van der Waals surface area (Å²) in [7, 11) is 0. The molecule has 11 heteroatoms. The number of benzene rings is 2. The fourth-order valence-electron chi connectivity index (χ4n) is 5.00. The van der Waals surface area contributed by atoms with E-state index in [0.29, 0.717) is 43.2 Å². The molecule has 36 heavy (non-hydrogen) atoms. The minimum atomic E-state index is -4.53. The maximum atomic E-state index is 14.1. The Bertz CT molecular complexity index is 1270. The third-order valence-corrected chi connectivity index (χ3v) is 6.90. The van der Waals surface area contributed by atoms with E-state index in [1.807, 2.05) is 30.3 Å². The summed E-state index contributed by atoms with van der Waals surface area (Å²) in [6, 6.07) is 13.9. The molecule has 0 unspecified atom stereocenters. The lowest BCUT2D eigenvalue weighted by Crippen LogP contribution is -2.49. The second kappa shape index (κ2) is 8.65. The van der Waals surface area contributed by atoms with E-state index >= 15 is 0 Å². The molecule has 0 bridgehead atoms. The fourth-order valence-corrected chi connectivity index (χ4v) is 5.00. The number of anilines is 2. The summed E-state index contributed by atoms with van der Waals surface area (Å²) in [6.07, 6.45) is -4.79. The first kappa shape index (κ1) is 22.6. The predicted molar refractivity (Wildman–Crippen MR) is 125 cm³/mol. The first-order chi connectivity index (χ1) is 17.4. The Morgan fingerprint density at radius 3 is 2.47 bits per heavy atom. The molecule has 0 spiro atoms. The van der Waals surface area contributed by atoms with E-state index in [0.717, 1.165) is 10.4 Å². The number of hydrogen-bond donors (Lipinski definition) is 1. The molecule has 188 valence electrons. The minimum Gasteiger partial charge on any atom is -0.454 e. The molecule has 1 N–H and O–H groups in total. The van der Waals surface area contributed by atoms with Gasteiger partial charge in [-0.2, -0.15) is 18.3 Å². The van der Waals surface area contributed by atoms with Gasteiger partial charge in [-0.1, -0.05) is 24.3 Å². The lowest BCUT2D eigenvalue weighted by Gasteiger charge is -2.35. The highest BCUT2D eigenvalue weighted by Crippen LogP contribution is 2.45. The van der Waals surface area contributed by atoms with Gasteiger partial charge in [-0.05, 0) is 29.8 Å². The Morgan fingerprint density at radius 2 is 1.72 bits per heavy atom. The van der Waals surface area contributed by atoms with Gasteiger partial charge in [0, 0.05) is 44.4 Å². The van der Waals surface area contributed by atoms with Gasteiger partial charge in [0.2, 0.25) is 6.79 Å². The molecule has 4 heterocycles. The summed E-state index contributed by atoms with van der Waals surface area (Å²) >= 11 is 0. The Hall–Kier alpha value is -3.89. The van der Waals surface area contributed by atoms with Crippen molar-refractivity contribution in [2.24, 2.45) is 0 Å². The van der Waals surface area contributed by atoms with Gasteiger partial charge in [-0.25, -0.2) is 4.68 Å². The maximum Gasteiger partial charge on any atom is 0.410 e. The summed E-state index contributed by atoms with van der Waals surface area (Å²) in [4.78, 5) is 17.0. The van der Waals surface area contributed by atoms with Crippen molar-refractivity contribution in [2.45, 2.75) is 24.7 Å². The monoisotopic (exact) mass is 499 g/mol. The van der Waals surface area contributed by atoms with Gasteiger partial charge in [-0.3, -0.25) is 4.79 Å². The van der Waals surface area contributed by atoms with Gasteiger partial charge >= 0.3 is 6.18 Å². The van der Waals surface area contributed by atoms with Crippen molar-refractivity contribution in [3.8, 4) is 11.5 Å². The third-order valence-electron chi connectivity index (χ3n) is 6.90. The molecular formula is C25H24F3N5O3. The van der Waals surface area contributed by atoms with Crippen molar-refractivity contribution in [1.29, 1.82) is 0 Å². The lowest BCUT2D eigenvalue weighted by molar-refractivity contribution is -0.173. The summed E-state index contributed by atoms with van der Waals surface area (Å²) in [5, 5.41) is 7.26. The molecule has 3 aromatic rings. The first-order valence-electron chi connectivity index (χ1n) is 11.8. The van der Waals surface area contributed by atoms with E-state index in [-0.39, 0.29) is 30.6 Å². The van der Waals surface area contributed by atoms with E-state index in [4.69, 9.17) is 9.47 Å². The van der Waals surface area contributed by atoms with E-state index in [2.05, 4.69) is 15.3 Å². The Morgan fingerprint density at radius 1 is 0.972 bits per heavy atom. The third kappa shape index (κ3) is 4.08. The zero-order chi connectivity index (χ0) is 24.9.